The minimum atomic E-state index is -0.408. The number of carbonyl (C=O) groups is 1. The number of carbonyl (C=O) groups excluding carboxylic acids is 1. The van der Waals surface area contributed by atoms with Crippen molar-refractivity contribution in [2.24, 2.45) is 5.73 Å². The molecule has 0 aromatic heterocycles. The molecule has 82 valence electrons. The fourth-order valence-electron chi connectivity index (χ4n) is 1.21. The second kappa shape index (κ2) is 6.07. The minimum absolute atomic E-state index is 0.113. The van der Waals surface area contributed by atoms with Gasteiger partial charge in [-0.15, -0.1) is 0 Å². The molecular weight excluding hydrogens is 303 g/mol. The Kier molecular flexibility index (Phi) is 5.04. The number of nitrogens with two attached hydrogens (primary N) is 1. The molecule has 1 aromatic carbocycles. The Morgan fingerprint density at radius 2 is 2.07 bits per heavy atom. The molecule has 1 atom stereocenters. The fourth-order valence-corrected chi connectivity index (χ4v) is 1.57. The lowest BCUT2D eigenvalue weighted by molar-refractivity contribution is -0.117. The second-order valence-electron chi connectivity index (χ2n) is 3.39. The van der Waals surface area contributed by atoms with Gasteiger partial charge in [-0.3, -0.25) is 4.79 Å². The number of hydrogen-bond donors (Lipinski definition) is 2. The summed E-state index contributed by atoms with van der Waals surface area (Å²) < 4.78 is 1.14. The molecule has 0 bridgehead atoms. The smallest absolute Gasteiger partial charge is 0.241 e. The summed E-state index contributed by atoms with van der Waals surface area (Å²) in [6.07, 6.45) is 1.64. The van der Waals surface area contributed by atoms with Crippen molar-refractivity contribution in [2.45, 2.75) is 25.8 Å². The number of hydrogen-bond acceptors (Lipinski definition) is 2. The van der Waals surface area contributed by atoms with Gasteiger partial charge in [-0.1, -0.05) is 13.3 Å². The third kappa shape index (κ3) is 4.17. The molecule has 0 saturated carbocycles. The van der Waals surface area contributed by atoms with Crippen LogP contribution in [0.5, 0.6) is 0 Å². The summed E-state index contributed by atoms with van der Waals surface area (Å²) in [5.41, 5.74) is 6.49. The monoisotopic (exact) mass is 318 g/mol. The minimum Gasteiger partial charge on any atom is -0.325 e. The van der Waals surface area contributed by atoms with Crippen LogP contribution in [0, 0.1) is 3.57 Å². The zero-order valence-corrected chi connectivity index (χ0v) is 10.8. The maximum absolute atomic E-state index is 11.5. The van der Waals surface area contributed by atoms with Gasteiger partial charge >= 0.3 is 0 Å². The van der Waals surface area contributed by atoms with Crippen LogP contribution in [0.15, 0.2) is 24.3 Å². The number of rotatable bonds is 4. The molecule has 15 heavy (non-hydrogen) atoms. The second-order valence-corrected chi connectivity index (χ2v) is 4.64. The van der Waals surface area contributed by atoms with Gasteiger partial charge in [0.1, 0.15) is 0 Å². The molecule has 3 N–H and O–H groups in total. The van der Waals surface area contributed by atoms with Crippen molar-refractivity contribution in [1.29, 1.82) is 0 Å². The van der Waals surface area contributed by atoms with Crippen LogP contribution in [0.25, 0.3) is 0 Å². The van der Waals surface area contributed by atoms with Crippen LogP contribution in [-0.2, 0) is 4.79 Å². The highest BCUT2D eigenvalue weighted by molar-refractivity contribution is 14.1. The summed E-state index contributed by atoms with van der Waals surface area (Å²) in [7, 11) is 0. The Morgan fingerprint density at radius 1 is 1.47 bits per heavy atom. The quantitative estimate of drug-likeness (QED) is 0.838. The van der Waals surface area contributed by atoms with E-state index in [1.807, 2.05) is 31.2 Å². The van der Waals surface area contributed by atoms with Crippen molar-refractivity contribution in [1.82, 2.24) is 0 Å². The van der Waals surface area contributed by atoms with E-state index in [4.69, 9.17) is 5.73 Å². The van der Waals surface area contributed by atoms with Gasteiger partial charge in [0.05, 0.1) is 6.04 Å². The van der Waals surface area contributed by atoms with E-state index in [1.165, 1.54) is 0 Å². The largest absolute Gasteiger partial charge is 0.325 e. The number of anilines is 1. The normalized spacial score (nSPS) is 12.2. The molecule has 0 spiro atoms. The first kappa shape index (κ1) is 12.4. The van der Waals surface area contributed by atoms with Crippen LogP contribution in [-0.4, -0.2) is 11.9 Å². The molecule has 3 nitrogen and oxygen atoms in total. The van der Waals surface area contributed by atoms with Crippen LogP contribution in [0.2, 0.25) is 0 Å². The standard InChI is InChI=1S/C11H15IN2O/c1-2-3-10(13)11(15)14-9-6-4-8(12)5-7-9/h4-7,10H,2-3,13H2,1H3,(H,14,15). The van der Waals surface area contributed by atoms with E-state index in [2.05, 4.69) is 27.9 Å². The van der Waals surface area contributed by atoms with Gasteiger partial charge in [-0.25, -0.2) is 0 Å². The van der Waals surface area contributed by atoms with Crippen LogP contribution >= 0.6 is 22.6 Å². The predicted molar refractivity (Wildman–Crippen MR) is 70.7 cm³/mol. The van der Waals surface area contributed by atoms with Crippen molar-refractivity contribution in [3.05, 3.63) is 27.8 Å². The summed E-state index contributed by atoms with van der Waals surface area (Å²) in [5, 5.41) is 2.79. The molecule has 0 aliphatic carbocycles. The van der Waals surface area contributed by atoms with E-state index in [0.717, 1.165) is 22.1 Å². The molecule has 0 saturated heterocycles. The van der Waals surface area contributed by atoms with Crippen molar-refractivity contribution in [3.63, 3.8) is 0 Å². The lowest BCUT2D eigenvalue weighted by atomic mass is 10.1. The summed E-state index contributed by atoms with van der Waals surface area (Å²) in [4.78, 5) is 11.5. The van der Waals surface area contributed by atoms with E-state index in [9.17, 15) is 4.79 Å². The number of amides is 1. The molecule has 0 aliphatic rings. The first-order valence-corrected chi connectivity index (χ1v) is 6.03. The Balaban J connectivity index is 2.54. The van der Waals surface area contributed by atoms with Gasteiger partial charge < -0.3 is 11.1 Å². The Hall–Kier alpha value is -0.620. The molecule has 0 heterocycles. The van der Waals surface area contributed by atoms with Crippen molar-refractivity contribution in [3.8, 4) is 0 Å². The van der Waals surface area contributed by atoms with E-state index in [1.54, 1.807) is 0 Å². The molecule has 1 rings (SSSR count). The maximum Gasteiger partial charge on any atom is 0.241 e. The highest BCUT2D eigenvalue weighted by atomic mass is 127. The molecule has 0 fully saturated rings. The van der Waals surface area contributed by atoms with Crippen molar-refractivity contribution in [2.75, 3.05) is 5.32 Å². The third-order valence-corrected chi connectivity index (χ3v) is 2.77. The molecule has 1 unspecified atom stereocenters. The van der Waals surface area contributed by atoms with Crippen LogP contribution in [0.3, 0.4) is 0 Å². The van der Waals surface area contributed by atoms with Crippen molar-refractivity contribution >= 4 is 34.2 Å². The van der Waals surface area contributed by atoms with Gasteiger partial charge in [0, 0.05) is 9.26 Å². The topological polar surface area (TPSA) is 55.1 Å². The van der Waals surface area contributed by atoms with Gasteiger partial charge in [0.15, 0.2) is 0 Å². The van der Waals surface area contributed by atoms with Crippen LogP contribution in [0.4, 0.5) is 5.69 Å². The van der Waals surface area contributed by atoms with E-state index < -0.39 is 6.04 Å². The third-order valence-electron chi connectivity index (χ3n) is 2.05. The number of nitrogens with one attached hydrogen (secondary N) is 1. The summed E-state index contributed by atoms with van der Waals surface area (Å²) in [6, 6.07) is 7.23. The fraction of sp³-hybridized carbons (Fsp3) is 0.364. The molecule has 0 aliphatic heterocycles. The van der Waals surface area contributed by atoms with Crippen LogP contribution in [0.1, 0.15) is 19.8 Å². The average Bonchev–Trinajstić information content (AvgIpc) is 2.22. The number of halogens is 1. The maximum atomic E-state index is 11.5. The SMILES string of the molecule is CCCC(N)C(=O)Nc1ccc(I)cc1. The van der Waals surface area contributed by atoms with Gasteiger partial charge in [-0.05, 0) is 53.3 Å². The summed E-state index contributed by atoms with van der Waals surface area (Å²) in [6.45, 7) is 2.01. The molecule has 4 heteroatoms. The Morgan fingerprint density at radius 3 is 2.60 bits per heavy atom. The van der Waals surface area contributed by atoms with E-state index >= 15 is 0 Å². The summed E-state index contributed by atoms with van der Waals surface area (Å²) in [5.74, 6) is -0.113. The van der Waals surface area contributed by atoms with Gasteiger partial charge in [0.25, 0.3) is 0 Å². The zero-order valence-electron chi connectivity index (χ0n) is 8.66. The lowest BCUT2D eigenvalue weighted by Gasteiger charge is -2.10. The Bertz CT molecular complexity index is 324. The predicted octanol–water partition coefficient (Wildman–Crippen LogP) is 2.36. The average molecular weight is 318 g/mol. The molecule has 0 radical (unpaired) electrons. The highest BCUT2D eigenvalue weighted by Gasteiger charge is 2.11. The van der Waals surface area contributed by atoms with E-state index in [0.29, 0.717) is 0 Å². The molecule has 1 aromatic rings. The summed E-state index contributed by atoms with van der Waals surface area (Å²) >= 11 is 2.22. The van der Waals surface area contributed by atoms with Crippen molar-refractivity contribution < 1.29 is 4.79 Å². The van der Waals surface area contributed by atoms with Crippen LogP contribution < -0.4 is 11.1 Å². The molecular formula is C11H15IN2O. The lowest BCUT2D eigenvalue weighted by Crippen LogP contribution is -2.35. The molecule has 1 amide bonds. The van der Waals surface area contributed by atoms with Gasteiger partial charge in [-0.2, -0.15) is 0 Å². The first-order chi connectivity index (χ1) is 7.13. The van der Waals surface area contributed by atoms with Gasteiger partial charge in [0.2, 0.25) is 5.91 Å². The zero-order chi connectivity index (χ0) is 11.3. The Labute approximate surface area is 104 Å². The number of benzene rings is 1. The highest BCUT2D eigenvalue weighted by Crippen LogP contribution is 2.11. The first-order valence-electron chi connectivity index (χ1n) is 4.95. The van der Waals surface area contributed by atoms with E-state index in [-0.39, 0.29) is 5.91 Å².